The minimum Gasteiger partial charge on any atom is -0.481 e. The highest BCUT2D eigenvalue weighted by atomic mass is 32.2. The van der Waals surface area contributed by atoms with E-state index >= 15 is 0 Å². The maximum absolute atomic E-state index is 5.50. The number of hydrogen-bond acceptors (Lipinski definition) is 3. The molecule has 3 rings (SSSR count). The van der Waals surface area contributed by atoms with Gasteiger partial charge in [-0.2, -0.15) is 0 Å². The molecule has 0 saturated carbocycles. The van der Waals surface area contributed by atoms with Crippen molar-refractivity contribution in [1.82, 2.24) is 4.98 Å². The van der Waals surface area contributed by atoms with Crippen LogP contribution in [0, 0.1) is 0 Å². The molecule has 0 unspecified atom stereocenters. The van der Waals surface area contributed by atoms with Crippen molar-refractivity contribution in [3.63, 3.8) is 0 Å². The number of fused-ring (bicyclic) bond motifs is 1. The van der Waals surface area contributed by atoms with E-state index in [0.29, 0.717) is 0 Å². The van der Waals surface area contributed by atoms with E-state index in [0.717, 1.165) is 22.8 Å². The molecule has 1 aliphatic rings. The van der Waals surface area contributed by atoms with Crippen LogP contribution in [0.1, 0.15) is 0 Å². The molecule has 2 heterocycles. The van der Waals surface area contributed by atoms with Gasteiger partial charge < -0.3 is 4.74 Å². The fourth-order valence-electron chi connectivity index (χ4n) is 1.61. The summed E-state index contributed by atoms with van der Waals surface area (Å²) in [6.45, 7) is 0. The van der Waals surface area contributed by atoms with E-state index in [1.807, 2.05) is 12.3 Å². The van der Waals surface area contributed by atoms with Crippen LogP contribution in [0.2, 0.25) is 0 Å². The average molecular weight is 215 g/mol. The van der Waals surface area contributed by atoms with E-state index < -0.39 is 0 Å². The van der Waals surface area contributed by atoms with Gasteiger partial charge in [-0.05, 0) is 23.8 Å². The van der Waals surface area contributed by atoms with Crippen LogP contribution >= 0.6 is 11.8 Å². The van der Waals surface area contributed by atoms with E-state index in [-0.39, 0.29) is 0 Å². The minimum atomic E-state index is 0.728. The van der Waals surface area contributed by atoms with Crippen LogP contribution < -0.4 is 4.74 Å². The molecule has 0 saturated heterocycles. The molecular weight excluding hydrogens is 206 g/mol. The van der Waals surface area contributed by atoms with Crippen LogP contribution in [0.25, 0.3) is 11.1 Å². The third kappa shape index (κ3) is 1.59. The predicted octanol–water partition coefficient (Wildman–Crippen LogP) is 3.19. The van der Waals surface area contributed by atoms with E-state index in [2.05, 4.69) is 29.2 Å². The van der Waals surface area contributed by atoms with Gasteiger partial charge in [-0.15, -0.1) is 0 Å². The van der Waals surface area contributed by atoms with Gasteiger partial charge in [0.05, 0.1) is 4.90 Å². The van der Waals surface area contributed by atoms with Crippen LogP contribution in [-0.4, -0.2) is 10.9 Å². The summed E-state index contributed by atoms with van der Waals surface area (Å²) in [6, 6.07) is 10.3. The summed E-state index contributed by atoms with van der Waals surface area (Å²) in [6.07, 6.45) is 3.65. The smallest absolute Gasteiger partial charge is 0.138 e. The number of aromatic nitrogens is 1. The van der Waals surface area contributed by atoms with Crippen molar-refractivity contribution in [3.8, 4) is 16.9 Å². The molecule has 1 aromatic heterocycles. The van der Waals surface area contributed by atoms with Crippen molar-refractivity contribution in [2.75, 3.05) is 5.94 Å². The molecule has 0 atom stereocenters. The van der Waals surface area contributed by atoms with Gasteiger partial charge >= 0.3 is 0 Å². The second-order valence-corrected chi connectivity index (χ2v) is 4.27. The summed E-state index contributed by atoms with van der Waals surface area (Å²) in [5.74, 6) is 1.72. The lowest BCUT2D eigenvalue weighted by molar-refractivity contribution is 0.398. The third-order valence-corrected chi connectivity index (χ3v) is 3.25. The van der Waals surface area contributed by atoms with Crippen LogP contribution in [0.15, 0.2) is 47.6 Å². The fourth-order valence-corrected chi connectivity index (χ4v) is 2.35. The molecule has 0 aliphatic carbocycles. The number of benzene rings is 1. The lowest BCUT2D eigenvalue weighted by Gasteiger charge is -2.03. The molecule has 1 aromatic carbocycles. The monoisotopic (exact) mass is 215 g/mol. The molecule has 15 heavy (non-hydrogen) atoms. The lowest BCUT2D eigenvalue weighted by Crippen LogP contribution is -1.84. The van der Waals surface area contributed by atoms with Gasteiger partial charge in [-0.25, -0.2) is 0 Å². The zero-order chi connectivity index (χ0) is 10.1. The lowest BCUT2D eigenvalue weighted by atomic mass is 10.1. The Labute approximate surface area is 92.3 Å². The van der Waals surface area contributed by atoms with Crippen LogP contribution in [-0.2, 0) is 0 Å². The molecule has 1 aliphatic heterocycles. The molecule has 0 bridgehead atoms. The molecule has 0 N–H and O–H groups in total. The highest BCUT2D eigenvalue weighted by Crippen LogP contribution is 2.38. The predicted molar refractivity (Wildman–Crippen MR) is 61.0 cm³/mol. The number of thioether (sulfide) groups is 1. The Bertz CT molecular complexity index is 484. The van der Waals surface area contributed by atoms with E-state index in [1.54, 1.807) is 18.0 Å². The highest BCUT2D eigenvalue weighted by molar-refractivity contribution is 7.99. The number of pyridine rings is 1. The van der Waals surface area contributed by atoms with Crippen molar-refractivity contribution in [3.05, 3.63) is 42.7 Å². The van der Waals surface area contributed by atoms with Crippen molar-refractivity contribution in [1.29, 1.82) is 0 Å². The average Bonchev–Trinajstić information content (AvgIpc) is 2.77. The molecule has 0 amide bonds. The quantitative estimate of drug-likeness (QED) is 0.729. The van der Waals surface area contributed by atoms with Crippen molar-refractivity contribution < 1.29 is 4.74 Å². The van der Waals surface area contributed by atoms with Gasteiger partial charge in [-0.1, -0.05) is 23.9 Å². The van der Waals surface area contributed by atoms with Crippen LogP contribution in [0.4, 0.5) is 0 Å². The standard InChI is InChI=1S/C12H9NOS/c1-2-10(7-13-5-1)9-3-4-12-11(6-9)14-8-15-12/h1-7H,8H2. The number of hydrogen-bond donors (Lipinski definition) is 0. The maximum atomic E-state index is 5.50. The van der Waals surface area contributed by atoms with Crippen molar-refractivity contribution in [2.45, 2.75) is 4.90 Å². The molecular formula is C12H9NOS. The van der Waals surface area contributed by atoms with Crippen molar-refractivity contribution in [2.24, 2.45) is 0 Å². The highest BCUT2D eigenvalue weighted by Gasteiger charge is 2.13. The summed E-state index contributed by atoms with van der Waals surface area (Å²) in [5.41, 5.74) is 2.28. The van der Waals surface area contributed by atoms with Gasteiger partial charge in [-0.3, -0.25) is 4.98 Å². The Hall–Kier alpha value is -1.48. The Morgan fingerprint density at radius 1 is 1.20 bits per heavy atom. The first-order valence-electron chi connectivity index (χ1n) is 4.73. The third-order valence-electron chi connectivity index (χ3n) is 2.37. The summed E-state index contributed by atoms with van der Waals surface area (Å²) >= 11 is 1.73. The molecule has 2 nitrogen and oxygen atoms in total. The zero-order valence-corrected chi connectivity index (χ0v) is 8.83. The molecule has 3 heteroatoms. The zero-order valence-electron chi connectivity index (χ0n) is 8.01. The Morgan fingerprint density at radius 3 is 3.07 bits per heavy atom. The van der Waals surface area contributed by atoms with Gasteiger partial charge in [0.1, 0.15) is 11.7 Å². The van der Waals surface area contributed by atoms with Gasteiger partial charge in [0.15, 0.2) is 0 Å². The van der Waals surface area contributed by atoms with Gasteiger partial charge in [0.2, 0.25) is 0 Å². The number of ether oxygens (including phenoxy) is 1. The topological polar surface area (TPSA) is 22.1 Å². The number of rotatable bonds is 1. The Morgan fingerprint density at radius 2 is 2.20 bits per heavy atom. The summed E-state index contributed by atoms with van der Waals surface area (Å²) in [5, 5.41) is 0. The maximum Gasteiger partial charge on any atom is 0.138 e. The summed E-state index contributed by atoms with van der Waals surface area (Å²) in [4.78, 5) is 5.33. The van der Waals surface area contributed by atoms with E-state index in [4.69, 9.17) is 4.74 Å². The Kier molecular flexibility index (Phi) is 2.10. The molecule has 0 spiro atoms. The van der Waals surface area contributed by atoms with Crippen LogP contribution in [0.3, 0.4) is 0 Å². The largest absolute Gasteiger partial charge is 0.481 e. The summed E-state index contributed by atoms with van der Waals surface area (Å²) < 4.78 is 5.50. The first-order valence-corrected chi connectivity index (χ1v) is 5.72. The first-order chi connectivity index (χ1) is 7.43. The van der Waals surface area contributed by atoms with E-state index in [1.165, 1.54) is 4.90 Å². The minimum absolute atomic E-state index is 0.728. The molecule has 0 fully saturated rings. The number of nitrogens with zero attached hydrogens (tertiary/aromatic N) is 1. The van der Waals surface area contributed by atoms with Crippen LogP contribution in [0.5, 0.6) is 5.75 Å². The second kappa shape index (κ2) is 3.59. The first kappa shape index (κ1) is 8.80. The van der Waals surface area contributed by atoms with Gasteiger partial charge in [0.25, 0.3) is 0 Å². The fraction of sp³-hybridized carbons (Fsp3) is 0.0833. The van der Waals surface area contributed by atoms with Gasteiger partial charge in [0, 0.05) is 18.0 Å². The normalized spacial score (nSPS) is 13.3. The molecule has 0 radical (unpaired) electrons. The Balaban J connectivity index is 2.07. The van der Waals surface area contributed by atoms with Crippen molar-refractivity contribution >= 4 is 11.8 Å². The SMILES string of the molecule is c1cncc(-c2ccc3c(c2)OCS3)c1. The second-order valence-electron chi connectivity index (χ2n) is 3.31. The molecule has 74 valence electrons. The van der Waals surface area contributed by atoms with E-state index in [9.17, 15) is 0 Å². The molecule has 2 aromatic rings. The summed E-state index contributed by atoms with van der Waals surface area (Å²) in [7, 11) is 0.